The number of rotatable bonds is 4. The van der Waals surface area contributed by atoms with Crippen LogP contribution in [0.3, 0.4) is 0 Å². The normalized spacial score (nSPS) is 19.3. The van der Waals surface area contributed by atoms with Gasteiger partial charge in [0, 0.05) is 12.5 Å². The van der Waals surface area contributed by atoms with Crippen LogP contribution in [0, 0.1) is 11.0 Å². The first-order valence-corrected chi connectivity index (χ1v) is 7.96. The molecule has 0 saturated carbocycles. The molecule has 3 rings (SSSR count). The number of alkyl halides is 2. The highest BCUT2D eigenvalue weighted by molar-refractivity contribution is 5.73. The van der Waals surface area contributed by atoms with Gasteiger partial charge in [-0.3, -0.25) is 0 Å². The van der Waals surface area contributed by atoms with Crippen LogP contribution in [-0.4, -0.2) is 18.6 Å². The number of fused-ring (bicyclic) bond motifs is 2. The summed E-state index contributed by atoms with van der Waals surface area (Å²) in [7, 11) is 0. The van der Waals surface area contributed by atoms with Gasteiger partial charge in [0.05, 0.1) is 24.5 Å². The number of hydrogen-bond donors (Lipinski definition) is 1. The highest BCUT2D eigenvalue weighted by Crippen LogP contribution is 2.52. The molecule has 0 fully saturated rings. The first-order chi connectivity index (χ1) is 11.7. The molecule has 4 nitrogen and oxygen atoms in total. The van der Waals surface area contributed by atoms with E-state index in [1.807, 2.05) is 0 Å². The number of benzene rings is 1. The fourth-order valence-corrected chi connectivity index (χ4v) is 3.25. The number of aromatic nitrogens is 1. The summed E-state index contributed by atoms with van der Waals surface area (Å²) in [5.74, 6) is -3.95. The van der Waals surface area contributed by atoms with E-state index in [1.165, 1.54) is 24.4 Å². The van der Waals surface area contributed by atoms with Crippen molar-refractivity contribution in [3.63, 3.8) is 0 Å². The molecule has 2 heterocycles. The summed E-state index contributed by atoms with van der Waals surface area (Å²) in [6, 6.07) is 6.45. The summed E-state index contributed by atoms with van der Waals surface area (Å²) in [4.78, 5) is 0. The number of hydrogen-bond acceptors (Lipinski definition) is 3. The van der Waals surface area contributed by atoms with Crippen LogP contribution in [0.25, 0.3) is 0 Å². The van der Waals surface area contributed by atoms with Crippen LogP contribution in [0.4, 0.5) is 24.7 Å². The van der Waals surface area contributed by atoms with Crippen molar-refractivity contribution in [2.75, 3.05) is 11.9 Å². The van der Waals surface area contributed by atoms with Crippen molar-refractivity contribution in [3.8, 4) is 0 Å². The van der Waals surface area contributed by atoms with E-state index in [-0.39, 0.29) is 35.3 Å². The fourth-order valence-electron chi connectivity index (χ4n) is 3.25. The van der Waals surface area contributed by atoms with E-state index in [4.69, 9.17) is 4.74 Å². The Morgan fingerprint density at radius 3 is 2.64 bits per heavy atom. The zero-order chi connectivity index (χ0) is 18.4. The minimum atomic E-state index is -3.31. The minimum absolute atomic E-state index is 0.00418. The highest BCUT2D eigenvalue weighted by atomic mass is 19.3. The second-order valence-corrected chi connectivity index (χ2v) is 6.56. The molecule has 0 aliphatic carbocycles. The molecule has 0 bridgehead atoms. The lowest BCUT2D eigenvalue weighted by Gasteiger charge is -2.42. The quantitative estimate of drug-likeness (QED) is 0.671. The van der Waals surface area contributed by atoms with Gasteiger partial charge in [0.25, 0.3) is 11.7 Å². The smallest absolute Gasteiger partial charge is 0.287 e. The number of halogens is 3. The number of pyridine rings is 1. The molecule has 0 amide bonds. The first kappa shape index (κ1) is 17.5. The average Bonchev–Trinajstić information content (AvgIpc) is 2.51. The Morgan fingerprint density at radius 2 is 2.00 bits per heavy atom. The van der Waals surface area contributed by atoms with Gasteiger partial charge in [0.1, 0.15) is 16.9 Å². The molecule has 0 saturated heterocycles. The molecule has 7 heteroatoms. The molecule has 0 radical (unpaired) electrons. The van der Waals surface area contributed by atoms with Crippen LogP contribution in [0.15, 0.2) is 36.5 Å². The predicted molar refractivity (Wildman–Crippen MR) is 87.6 cm³/mol. The van der Waals surface area contributed by atoms with E-state index < -0.39 is 17.2 Å². The van der Waals surface area contributed by atoms with Crippen molar-refractivity contribution in [1.29, 1.82) is 0 Å². The van der Waals surface area contributed by atoms with Crippen molar-refractivity contribution < 1.29 is 22.6 Å². The van der Waals surface area contributed by atoms with Crippen molar-refractivity contribution >= 4 is 11.5 Å². The van der Waals surface area contributed by atoms with Gasteiger partial charge in [-0.15, -0.1) is 0 Å². The van der Waals surface area contributed by atoms with Crippen LogP contribution < -0.4 is 10.0 Å². The van der Waals surface area contributed by atoms with Crippen molar-refractivity contribution in [3.05, 3.63) is 58.7 Å². The summed E-state index contributed by atoms with van der Waals surface area (Å²) in [6.45, 7) is 3.84. The Balaban J connectivity index is 2.35. The molecule has 1 unspecified atom stereocenters. The maximum absolute atomic E-state index is 15.0. The standard InChI is InChI=1S/C18H19F3N2O2/c1-11(2)25-10-18(17(3,20)21)13-5-4-8-23(24)16(13)22-15-7-6-12(19)9-14(15)18/h4-9,11,22H,10H2,1-3H3. The SMILES string of the molecule is CC(C)OCC1(C(C)(F)F)c2cc(F)ccc2Nc2c1ccc[n+]2[O-]. The van der Waals surface area contributed by atoms with Crippen LogP contribution in [0.1, 0.15) is 31.9 Å². The first-order valence-electron chi connectivity index (χ1n) is 7.96. The van der Waals surface area contributed by atoms with Gasteiger partial charge in [-0.05, 0) is 44.2 Å². The summed E-state index contributed by atoms with van der Waals surface area (Å²) in [5, 5.41) is 15.0. The molecular weight excluding hydrogens is 333 g/mol. The molecule has 2 aromatic rings. The molecule has 1 aliphatic rings. The van der Waals surface area contributed by atoms with E-state index in [2.05, 4.69) is 5.32 Å². The molecule has 1 atom stereocenters. The van der Waals surface area contributed by atoms with E-state index >= 15 is 0 Å². The summed E-state index contributed by atoms with van der Waals surface area (Å²) < 4.78 is 49.9. The lowest BCUT2D eigenvalue weighted by atomic mass is 9.68. The van der Waals surface area contributed by atoms with Gasteiger partial charge in [0.15, 0.2) is 0 Å². The lowest BCUT2D eigenvalue weighted by Crippen LogP contribution is -2.52. The van der Waals surface area contributed by atoms with Gasteiger partial charge in [-0.25, -0.2) is 23.2 Å². The van der Waals surface area contributed by atoms with E-state index in [1.54, 1.807) is 13.8 Å². The van der Waals surface area contributed by atoms with Crippen molar-refractivity contribution in [2.45, 2.75) is 38.2 Å². The topological polar surface area (TPSA) is 48.2 Å². The summed E-state index contributed by atoms with van der Waals surface area (Å²) >= 11 is 0. The number of anilines is 2. The van der Waals surface area contributed by atoms with Gasteiger partial charge in [-0.2, -0.15) is 0 Å². The number of nitrogens with one attached hydrogen (secondary N) is 1. The lowest BCUT2D eigenvalue weighted by molar-refractivity contribution is -0.590. The Bertz CT molecular complexity index is 801. The predicted octanol–water partition coefficient (Wildman–Crippen LogP) is 3.88. The van der Waals surface area contributed by atoms with Crippen LogP contribution >= 0.6 is 0 Å². The van der Waals surface area contributed by atoms with E-state index in [0.29, 0.717) is 4.73 Å². The third-order valence-corrected chi connectivity index (χ3v) is 4.50. The van der Waals surface area contributed by atoms with Gasteiger partial charge >= 0.3 is 0 Å². The molecule has 1 N–H and O–H groups in total. The molecule has 1 aromatic carbocycles. The second-order valence-electron chi connectivity index (χ2n) is 6.56. The van der Waals surface area contributed by atoms with Crippen molar-refractivity contribution in [1.82, 2.24) is 0 Å². The van der Waals surface area contributed by atoms with Crippen LogP contribution in [0.2, 0.25) is 0 Å². The average molecular weight is 352 g/mol. The largest absolute Gasteiger partial charge is 0.711 e. The van der Waals surface area contributed by atoms with Gasteiger partial charge in [0.2, 0.25) is 0 Å². The van der Waals surface area contributed by atoms with E-state index in [0.717, 1.165) is 19.1 Å². The Hall–Kier alpha value is -2.28. The molecule has 1 aromatic heterocycles. The molecule has 25 heavy (non-hydrogen) atoms. The maximum atomic E-state index is 15.0. The van der Waals surface area contributed by atoms with Crippen LogP contribution in [0.5, 0.6) is 0 Å². The third-order valence-electron chi connectivity index (χ3n) is 4.50. The summed E-state index contributed by atoms with van der Waals surface area (Å²) in [6.07, 6.45) is 0.917. The minimum Gasteiger partial charge on any atom is -0.711 e. The summed E-state index contributed by atoms with van der Waals surface area (Å²) in [5.41, 5.74) is -1.57. The molecule has 1 aliphatic heterocycles. The zero-order valence-electron chi connectivity index (χ0n) is 14.1. The molecule has 0 spiro atoms. The fraction of sp³-hybridized carbons (Fsp3) is 0.389. The maximum Gasteiger partial charge on any atom is 0.287 e. The van der Waals surface area contributed by atoms with Crippen LogP contribution in [-0.2, 0) is 10.2 Å². The molecular formula is C18H19F3N2O2. The second kappa shape index (κ2) is 5.91. The Kier molecular flexibility index (Phi) is 4.15. The van der Waals surface area contributed by atoms with Gasteiger partial charge < -0.3 is 9.94 Å². The third kappa shape index (κ3) is 2.72. The van der Waals surface area contributed by atoms with E-state index in [9.17, 15) is 18.4 Å². The van der Waals surface area contributed by atoms with Crippen molar-refractivity contribution in [2.24, 2.45) is 0 Å². The monoisotopic (exact) mass is 352 g/mol. The van der Waals surface area contributed by atoms with Gasteiger partial charge in [-0.1, -0.05) is 0 Å². The zero-order valence-corrected chi connectivity index (χ0v) is 14.1. The number of nitrogens with zero attached hydrogens (tertiary/aromatic N) is 1. The Morgan fingerprint density at radius 1 is 1.28 bits per heavy atom. The highest BCUT2D eigenvalue weighted by Gasteiger charge is 2.59. The number of ether oxygens (including phenoxy) is 1. The Labute approximate surface area is 143 Å². The molecule has 134 valence electrons.